The van der Waals surface area contributed by atoms with Crippen LogP contribution in [-0.4, -0.2) is 23.1 Å². The molecule has 1 radical (unpaired) electrons. The molecule has 25 valence electrons. The normalized spacial score (nSPS) is 0. The van der Waals surface area contributed by atoms with Crippen LogP contribution < -0.4 is 0 Å². The fourth-order valence-corrected chi connectivity index (χ4v) is 0. The first kappa shape index (κ1) is 63.3. The summed E-state index contributed by atoms with van der Waals surface area (Å²) in [6.45, 7) is 0. The second-order valence-corrected chi connectivity index (χ2v) is 0. The minimum atomic E-state index is 0. The summed E-state index contributed by atoms with van der Waals surface area (Å²) < 4.78 is 0. The molecule has 0 bridgehead atoms. The largest absolute Gasteiger partial charge is 2.00 e. The summed E-state index contributed by atoms with van der Waals surface area (Å²) in [6, 6.07) is 0. The maximum Gasteiger partial charge on any atom is 2.00 e. The Bertz CT molecular complexity index is 6.00. The molecule has 0 atom stereocenters. The van der Waals surface area contributed by atoms with Crippen LogP contribution in [0.4, 0.5) is 0 Å². The van der Waals surface area contributed by atoms with E-state index in [0.29, 0.717) is 0 Å². The summed E-state index contributed by atoms with van der Waals surface area (Å²) in [5.41, 5.74) is 0. The van der Waals surface area contributed by atoms with Crippen LogP contribution in [0.1, 0.15) is 0 Å². The van der Waals surface area contributed by atoms with Gasteiger partial charge in [0.2, 0.25) is 0 Å². The van der Waals surface area contributed by atoms with Gasteiger partial charge >= 0.3 is 40.1 Å². The molecule has 0 spiro atoms. The molecule has 0 amide bonds. The maximum absolute atomic E-state index is 0. The third-order valence-corrected chi connectivity index (χ3v) is 0. The van der Waals surface area contributed by atoms with Gasteiger partial charge in [-0.2, -0.15) is 0 Å². The third-order valence-electron chi connectivity index (χ3n) is 0. The van der Waals surface area contributed by atoms with E-state index in [9.17, 15) is 0 Å². The Kier molecular flexibility index (Phi) is 471. The van der Waals surface area contributed by atoms with Crippen LogP contribution in [0.2, 0.25) is 0 Å². The molecule has 0 saturated heterocycles. The second-order valence-electron chi connectivity index (χ2n) is 0. The van der Waals surface area contributed by atoms with E-state index in [2.05, 4.69) is 0 Å². The Hall–Kier alpha value is 1.21. The standard InChI is InChI=1S/Cu.Mg.2O/q2*+2;2*-2. The van der Waals surface area contributed by atoms with Crippen molar-refractivity contribution in [3.8, 4) is 0 Å². The Labute approximate surface area is 51.2 Å². The van der Waals surface area contributed by atoms with Gasteiger partial charge in [-0.1, -0.05) is 0 Å². The van der Waals surface area contributed by atoms with E-state index in [-0.39, 0.29) is 51.1 Å². The molecule has 0 aliphatic carbocycles. The molecule has 0 N–H and O–H groups in total. The summed E-state index contributed by atoms with van der Waals surface area (Å²) in [5, 5.41) is 0. The zero-order valence-corrected chi connectivity index (χ0v) is 4.18. The maximum atomic E-state index is 0. The molecule has 0 unspecified atom stereocenters. The first-order valence-electron chi connectivity index (χ1n) is 0. The van der Waals surface area contributed by atoms with E-state index in [4.69, 9.17) is 0 Å². The van der Waals surface area contributed by atoms with E-state index >= 15 is 0 Å². The zero-order valence-electron chi connectivity index (χ0n) is 1.83. The summed E-state index contributed by atoms with van der Waals surface area (Å²) in [4.78, 5) is 0. The van der Waals surface area contributed by atoms with Crippen LogP contribution >= 0.6 is 0 Å². The van der Waals surface area contributed by atoms with E-state index in [1.54, 1.807) is 0 Å². The Morgan fingerprint density at radius 3 is 0.750 bits per heavy atom. The topological polar surface area (TPSA) is 57.0 Å². The van der Waals surface area contributed by atoms with Crippen LogP contribution in [0.15, 0.2) is 0 Å². The number of hydrogen-bond donors (Lipinski definition) is 0. The molecule has 0 heterocycles. The predicted octanol–water partition coefficient (Wildman–Crippen LogP) is -0.621. The van der Waals surface area contributed by atoms with Gasteiger partial charge in [0.25, 0.3) is 0 Å². The van der Waals surface area contributed by atoms with Crippen molar-refractivity contribution >= 4 is 23.1 Å². The average molecular weight is 120 g/mol. The molecule has 0 saturated carbocycles. The van der Waals surface area contributed by atoms with Crippen LogP contribution in [0.3, 0.4) is 0 Å². The van der Waals surface area contributed by atoms with Crippen molar-refractivity contribution in [3.63, 3.8) is 0 Å². The summed E-state index contributed by atoms with van der Waals surface area (Å²) in [7, 11) is 0. The molecule has 0 rings (SSSR count). The van der Waals surface area contributed by atoms with Gasteiger partial charge in [0.05, 0.1) is 0 Å². The first-order valence-corrected chi connectivity index (χ1v) is 0. The van der Waals surface area contributed by atoms with Crippen molar-refractivity contribution in [2.45, 2.75) is 0 Å². The van der Waals surface area contributed by atoms with Gasteiger partial charge < -0.3 is 11.0 Å². The van der Waals surface area contributed by atoms with Gasteiger partial charge in [0.1, 0.15) is 0 Å². The summed E-state index contributed by atoms with van der Waals surface area (Å²) in [6.07, 6.45) is 0. The second kappa shape index (κ2) is 29.7. The predicted molar refractivity (Wildman–Crippen MR) is 7.13 cm³/mol. The monoisotopic (exact) mass is 119 g/mol. The van der Waals surface area contributed by atoms with Crippen molar-refractivity contribution in [3.05, 3.63) is 0 Å². The molecule has 0 aromatic heterocycles. The number of rotatable bonds is 0. The molecule has 2 nitrogen and oxygen atoms in total. The SMILES string of the molecule is [Cu+2].[Mg+2].[O-2].[O-2]. The molecule has 4 heteroatoms. The van der Waals surface area contributed by atoms with Crippen LogP contribution in [-0.2, 0) is 28.0 Å². The van der Waals surface area contributed by atoms with Gasteiger partial charge in [-0.05, 0) is 0 Å². The van der Waals surface area contributed by atoms with Gasteiger partial charge in [0, 0.05) is 0 Å². The molecule has 0 aliphatic heterocycles. The van der Waals surface area contributed by atoms with Crippen LogP contribution in [0.5, 0.6) is 0 Å². The van der Waals surface area contributed by atoms with E-state index in [1.807, 2.05) is 0 Å². The molecule has 0 aliphatic rings. The Morgan fingerprint density at radius 1 is 0.750 bits per heavy atom. The Morgan fingerprint density at radius 2 is 0.750 bits per heavy atom. The van der Waals surface area contributed by atoms with Crippen LogP contribution in [0.25, 0.3) is 0 Å². The first-order chi connectivity index (χ1) is 0. The van der Waals surface area contributed by atoms with Gasteiger partial charge in [-0.25, -0.2) is 0 Å². The summed E-state index contributed by atoms with van der Waals surface area (Å²) >= 11 is 0. The molecule has 0 aromatic rings. The fourth-order valence-electron chi connectivity index (χ4n) is 0. The quantitative estimate of drug-likeness (QED) is 0.382. The van der Waals surface area contributed by atoms with E-state index in [0.717, 1.165) is 0 Å². The molecule has 0 fully saturated rings. The molecule has 0 aromatic carbocycles. The van der Waals surface area contributed by atoms with Crippen molar-refractivity contribution in [2.75, 3.05) is 0 Å². The van der Waals surface area contributed by atoms with E-state index in [1.165, 1.54) is 0 Å². The minimum Gasteiger partial charge on any atom is -2.00 e. The zero-order chi connectivity index (χ0) is 0. The van der Waals surface area contributed by atoms with Gasteiger partial charge in [-0.15, -0.1) is 0 Å². The molecular formula is CuMgO2. The van der Waals surface area contributed by atoms with Gasteiger partial charge in [0.15, 0.2) is 0 Å². The minimum absolute atomic E-state index is 0. The van der Waals surface area contributed by atoms with Crippen LogP contribution in [0, 0.1) is 0 Å². The van der Waals surface area contributed by atoms with Crippen molar-refractivity contribution in [1.29, 1.82) is 0 Å². The van der Waals surface area contributed by atoms with E-state index < -0.39 is 0 Å². The van der Waals surface area contributed by atoms with Gasteiger partial charge in [-0.3, -0.25) is 0 Å². The average Bonchev–Trinajstić information content (AvgIpc) is 0. The van der Waals surface area contributed by atoms with Crippen molar-refractivity contribution in [1.82, 2.24) is 0 Å². The summed E-state index contributed by atoms with van der Waals surface area (Å²) in [5.74, 6) is 0. The third kappa shape index (κ3) is 10.7. The van der Waals surface area contributed by atoms with Crippen molar-refractivity contribution < 1.29 is 28.0 Å². The smallest absolute Gasteiger partial charge is 2.00 e. The Balaban J connectivity index is 0. The molecular weight excluding hydrogens is 120 g/mol. The fraction of sp³-hybridized carbons (Fsp3) is 0. The van der Waals surface area contributed by atoms with Crippen molar-refractivity contribution in [2.24, 2.45) is 0 Å². The molecule has 4 heavy (non-hydrogen) atoms. The number of hydrogen-bond acceptors (Lipinski definition) is 0.